The predicted molar refractivity (Wildman–Crippen MR) is 142 cm³/mol. The Labute approximate surface area is 226 Å². The van der Waals surface area contributed by atoms with Crippen LogP contribution in [-0.4, -0.2) is 28.6 Å². The summed E-state index contributed by atoms with van der Waals surface area (Å²) in [5.74, 6) is -0.789. The zero-order chi connectivity index (χ0) is 25.8. The molecule has 0 spiro atoms. The van der Waals surface area contributed by atoms with Gasteiger partial charge in [0.2, 0.25) is 0 Å². The van der Waals surface area contributed by atoms with Gasteiger partial charge in [-0.25, -0.2) is 4.79 Å². The van der Waals surface area contributed by atoms with Crippen LogP contribution in [0, 0.1) is 0 Å². The van der Waals surface area contributed by atoms with Crippen LogP contribution >= 0.6 is 46.6 Å². The molecule has 0 saturated carbocycles. The van der Waals surface area contributed by atoms with Crippen LogP contribution in [0.5, 0.6) is 11.5 Å². The molecule has 0 bridgehead atoms. The normalized spacial score (nSPS) is 14.4. The number of thioether (sulfide) groups is 1. The molecule has 6 nitrogen and oxygen atoms in total. The number of benzene rings is 3. The van der Waals surface area contributed by atoms with E-state index in [9.17, 15) is 14.4 Å². The lowest BCUT2D eigenvalue weighted by Crippen LogP contribution is -2.27. The Kier molecular flexibility index (Phi) is 8.26. The third kappa shape index (κ3) is 6.05. The topological polar surface area (TPSA) is 72.9 Å². The number of rotatable bonds is 7. The van der Waals surface area contributed by atoms with Gasteiger partial charge in [-0.1, -0.05) is 46.9 Å². The highest BCUT2D eigenvalue weighted by atomic mass is 35.5. The number of amides is 2. The second-order valence-corrected chi connectivity index (χ2v) is 9.83. The van der Waals surface area contributed by atoms with Crippen LogP contribution in [0.15, 0.2) is 65.6 Å². The first-order valence-electron chi connectivity index (χ1n) is 10.7. The first kappa shape index (κ1) is 26.1. The Morgan fingerprint density at radius 1 is 0.972 bits per heavy atom. The van der Waals surface area contributed by atoms with Crippen molar-refractivity contribution in [3.05, 3.63) is 97.3 Å². The van der Waals surface area contributed by atoms with Crippen molar-refractivity contribution < 1.29 is 23.9 Å². The number of esters is 1. The first-order chi connectivity index (χ1) is 17.2. The molecule has 10 heteroatoms. The Morgan fingerprint density at radius 2 is 1.61 bits per heavy atom. The fourth-order valence-corrected chi connectivity index (χ4v) is 4.68. The largest absolute Gasteiger partial charge is 0.490 e. The highest BCUT2D eigenvalue weighted by Crippen LogP contribution is 2.40. The summed E-state index contributed by atoms with van der Waals surface area (Å²) in [5, 5.41) is 0.777. The summed E-state index contributed by atoms with van der Waals surface area (Å²) in [6.07, 6.45) is 1.55. The predicted octanol–water partition coefficient (Wildman–Crippen LogP) is 7.50. The molecule has 36 heavy (non-hydrogen) atoms. The standard InChI is InChI=1S/C26H18Cl3NO5S/c1-2-34-21-12-16(11-20(29)23(21)35-25(32)17-5-9-19(28)10-6-17)13-22-24(31)30(26(33)36-22)14-15-3-7-18(27)8-4-15/h3-13H,2,14H2,1H3/b22-13-. The molecule has 0 aliphatic carbocycles. The van der Waals surface area contributed by atoms with E-state index in [1.165, 1.54) is 18.2 Å². The third-order valence-corrected chi connectivity index (χ3v) is 6.72. The smallest absolute Gasteiger partial charge is 0.343 e. The average Bonchev–Trinajstić information content (AvgIpc) is 3.10. The van der Waals surface area contributed by atoms with Crippen molar-refractivity contribution in [1.82, 2.24) is 4.90 Å². The molecular weight excluding hydrogens is 545 g/mol. The van der Waals surface area contributed by atoms with Crippen LogP contribution < -0.4 is 9.47 Å². The molecule has 3 aromatic carbocycles. The van der Waals surface area contributed by atoms with Gasteiger partial charge >= 0.3 is 5.97 Å². The second-order valence-electron chi connectivity index (χ2n) is 7.55. The highest BCUT2D eigenvalue weighted by Gasteiger charge is 2.35. The molecule has 1 heterocycles. The lowest BCUT2D eigenvalue weighted by Gasteiger charge is -2.14. The summed E-state index contributed by atoms with van der Waals surface area (Å²) in [5.41, 5.74) is 1.57. The molecule has 2 amide bonds. The van der Waals surface area contributed by atoms with E-state index >= 15 is 0 Å². The van der Waals surface area contributed by atoms with E-state index < -0.39 is 11.9 Å². The van der Waals surface area contributed by atoms with Gasteiger partial charge in [0.25, 0.3) is 11.1 Å². The number of halogens is 3. The van der Waals surface area contributed by atoms with Crippen LogP contribution in [0.1, 0.15) is 28.4 Å². The quantitative estimate of drug-likeness (QED) is 0.169. The number of hydrogen-bond donors (Lipinski definition) is 0. The first-order valence-corrected chi connectivity index (χ1v) is 12.6. The zero-order valence-corrected chi connectivity index (χ0v) is 21.9. The van der Waals surface area contributed by atoms with Crippen LogP contribution in [0.4, 0.5) is 4.79 Å². The highest BCUT2D eigenvalue weighted by molar-refractivity contribution is 8.18. The van der Waals surface area contributed by atoms with Gasteiger partial charge in [-0.2, -0.15) is 0 Å². The maximum absolute atomic E-state index is 12.9. The number of nitrogens with zero attached hydrogens (tertiary/aromatic N) is 1. The Balaban J connectivity index is 1.57. The Morgan fingerprint density at radius 3 is 2.25 bits per heavy atom. The minimum atomic E-state index is -0.634. The summed E-state index contributed by atoms with van der Waals surface area (Å²) < 4.78 is 11.2. The average molecular weight is 563 g/mol. The van der Waals surface area contributed by atoms with Gasteiger partial charge in [0, 0.05) is 10.0 Å². The van der Waals surface area contributed by atoms with Gasteiger partial charge in [0.1, 0.15) is 0 Å². The monoisotopic (exact) mass is 561 g/mol. The minimum Gasteiger partial charge on any atom is -0.490 e. The van der Waals surface area contributed by atoms with Gasteiger partial charge < -0.3 is 9.47 Å². The summed E-state index contributed by atoms with van der Waals surface area (Å²) >= 11 is 19.1. The van der Waals surface area contributed by atoms with Gasteiger partial charge in [-0.15, -0.1) is 0 Å². The minimum absolute atomic E-state index is 0.0476. The van der Waals surface area contributed by atoms with Gasteiger partial charge in [-0.05, 0) is 84.4 Å². The number of carbonyl (C=O) groups excluding carboxylic acids is 3. The fraction of sp³-hybridized carbons (Fsp3) is 0.115. The van der Waals surface area contributed by atoms with Crippen molar-refractivity contribution in [3.8, 4) is 11.5 Å². The molecular formula is C26H18Cl3NO5S. The van der Waals surface area contributed by atoms with Crippen molar-refractivity contribution >= 4 is 69.8 Å². The Hall–Kier alpha value is -2.97. The van der Waals surface area contributed by atoms with Crippen LogP contribution in [0.25, 0.3) is 6.08 Å². The van der Waals surface area contributed by atoms with Crippen LogP contribution in [0.3, 0.4) is 0 Å². The fourth-order valence-electron chi connectivity index (χ4n) is 3.33. The van der Waals surface area contributed by atoms with Crippen molar-refractivity contribution in [2.45, 2.75) is 13.5 Å². The zero-order valence-electron chi connectivity index (χ0n) is 18.8. The van der Waals surface area contributed by atoms with E-state index in [2.05, 4.69) is 0 Å². The molecule has 1 aliphatic heterocycles. The third-order valence-electron chi connectivity index (χ3n) is 5.03. The molecule has 4 rings (SSSR count). The van der Waals surface area contributed by atoms with Crippen LogP contribution in [0.2, 0.25) is 15.1 Å². The summed E-state index contributed by atoms with van der Waals surface area (Å²) in [6.45, 7) is 2.18. The van der Waals surface area contributed by atoms with Gasteiger partial charge in [0.05, 0.1) is 28.6 Å². The number of imide groups is 1. The van der Waals surface area contributed by atoms with Crippen molar-refractivity contribution in [1.29, 1.82) is 0 Å². The Bertz CT molecular complexity index is 1360. The lowest BCUT2D eigenvalue weighted by atomic mass is 10.1. The van der Waals surface area contributed by atoms with E-state index in [0.717, 1.165) is 22.2 Å². The van der Waals surface area contributed by atoms with Crippen molar-refractivity contribution in [3.63, 3.8) is 0 Å². The van der Waals surface area contributed by atoms with Gasteiger partial charge in [0.15, 0.2) is 11.5 Å². The number of hydrogen-bond acceptors (Lipinski definition) is 6. The van der Waals surface area contributed by atoms with E-state index in [-0.39, 0.29) is 45.4 Å². The van der Waals surface area contributed by atoms with E-state index in [1.54, 1.807) is 55.5 Å². The van der Waals surface area contributed by atoms with Crippen molar-refractivity contribution in [2.75, 3.05) is 6.61 Å². The molecule has 184 valence electrons. The molecule has 0 N–H and O–H groups in total. The maximum Gasteiger partial charge on any atom is 0.343 e. The summed E-state index contributed by atoms with van der Waals surface area (Å²) in [6, 6.07) is 16.3. The van der Waals surface area contributed by atoms with E-state index in [4.69, 9.17) is 44.3 Å². The SMILES string of the molecule is CCOc1cc(/C=C2\SC(=O)N(Cc3ccc(Cl)cc3)C2=O)cc(Cl)c1OC(=O)c1ccc(Cl)cc1. The van der Waals surface area contributed by atoms with Gasteiger partial charge in [-0.3, -0.25) is 14.5 Å². The second kappa shape index (κ2) is 11.4. The number of carbonyl (C=O) groups is 3. The summed E-state index contributed by atoms with van der Waals surface area (Å²) in [7, 11) is 0. The molecule has 0 aromatic heterocycles. The molecule has 0 radical (unpaired) electrons. The molecule has 1 saturated heterocycles. The van der Waals surface area contributed by atoms with E-state index in [1.807, 2.05) is 0 Å². The summed E-state index contributed by atoms with van der Waals surface area (Å²) in [4.78, 5) is 39.4. The molecule has 3 aromatic rings. The molecule has 0 atom stereocenters. The number of ether oxygens (including phenoxy) is 2. The maximum atomic E-state index is 12.9. The van der Waals surface area contributed by atoms with E-state index in [0.29, 0.717) is 15.6 Å². The molecule has 1 aliphatic rings. The molecule has 1 fully saturated rings. The van der Waals surface area contributed by atoms with Crippen molar-refractivity contribution in [2.24, 2.45) is 0 Å². The molecule has 0 unspecified atom stereocenters. The van der Waals surface area contributed by atoms with Crippen LogP contribution in [-0.2, 0) is 11.3 Å². The lowest BCUT2D eigenvalue weighted by molar-refractivity contribution is -0.123.